The fourth-order valence-electron chi connectivity index (χ4n) is 2.75. The van der Waals surface area contributed by atoms with Gasteiger partial charge in [0.25, 0.3) is 15.9 Å². The van der Waals surface area contributed by atoms with E-state index in [1.165, 1.54) is 24.3 Å². The zero-order chi connectivity index (χ0) is 18.9. The van der Waals surface area contributed by atoms with Crippen molar-refractivity contribution in [1.82, 2.24) is 4.31 Å². The molecular weight excluding hydrogens is 379 g/mol. The molecule has 1 atom stereocenters. The molecule has 9 heteroatoms. The zero-order valence-electron chi connectivity index (χ0n) is 13.5. The van der Waals surface area contributed by atoms with Crippen LogP contribution < -0.4 is 4.90 Å². The van der Waals surface area contributed by atoms with Crippen molar-refractivity contribution in [3.8, 4) is 0 Å². The first-order valence-electron chi connectivity index (χ1n) is 7.65. The maximum atomic E-state index is 13.1. The molecule has 2 heterocycles. The summed E-state index contributed by atoms with van der Waals surface area (Å²) in [6, 6.07) is 6.74. The molecule has 0 bridgehead atoms. The molecule has 136 valence electrons. The summed E-state index contributed by atoms with van der Waals surface area (Å²) in [5.74, 6) is -1.71. The van der Waals surface area contributed by atoms with Crippen LogP contribution in [0.1, 0.15) is 6.42 Å². The maximum absolute atomic E-state index is 13.1. The van der Waals surface area contributed by atoms with Crippen LogP contribution in [0.3, 0.4) is 0 Å². The van der Waals surface area contributed by atoms with Crippen LogP contribution in [0.4, 0.5) is 10.1 Å². The average Bonchev–Trinajstić information content (AvgIpc) is 3.23. The Morgan fingerprint density at radius 2 is 1.96 bits per heavy atom. The average molecular weight is 394 g/mol. The molecule has 1 aliphatic rings. The highest BCUT2D eigenvalue weighted by atomic mass is 32.2. The second-order valence-electron chi connectivity index (χ2n) is 5.56. The number of amides is 2. The smallest absolute Gasteiger partial charge is 0.253 e. The minimum Gasteiger partial charge on any atom is -0.274 e. The Labute approximate surface area is 154 Å². The largest absolute Gasteiger partial charge is 0.274 e. The lowest BCUT2D eigenvalue weighted by atomic mass is 10.2. The number of nitrogens with zero attached hydrogens (tertiary/aromatic N) is 2. The van der Waals surface area contributed by atoms with Gasteiger partial charge in [0, 0.05) is 6.54 Å². The number of hydrogen-bond donors (Lipinski definition) is 0. The van der Waals surface area contributed by atoms with E-state index < -0.39 is 33.7 Å². The minimum absolute atomic E-state index is 0.0832. The highest BCUT2D eigenvalue weighted by molar-refractivity contribution is 7.91. The molecule has 3 rings (SSSR count). The first-order valence-corrected chi connectivity index (χ1v) is 9.97. The van der Waals surface area contributed by atoms with Gasteiger partial charge in [-0.3, -0.25) is 9.59 Å². The van der Waals surface area contributed by atoms with Gasteiger partial charge in [-0.1, -0.05) is 12.1 Å². The molecule has 1 aromatic heterocycles. The minimum atomic E-state index is -3.95. The zero-order valence-corrected chi connectivity index (χ0v) is 15.2. The highest BCUT2D eigenvalue weighted by Gasteiger charge is 2.46. The third-order valence-electron chi connectivity index (χ3n) is 3.92. The van der Waals surface area contributed by atoms with E-state index in [2.05, 4.69) is 6.58 Å². The summed E-state index contributed by atoms with van der Waals surface area (Å²) in [6.07, 6.45) is 1.08. The molecule has 1 unspecified atom stereocenters. The highest BCUT2D eigenvalue weighted by Crippen LogP contribution is 2.30. The Hall–Kier alpha value is -2.36. The van der Waals surface area contributed by atoms with Crippen molar-refractivity contribution in [1.29, 1.82) is 0 Å². The molecule has 1 aromatic carbocycles. The predicted octanol–water partition coefficient (Wildman–Crippen LogP) is 2.40. The van der Waals surface area contributed by atoms with Crippen LogP contribution in [0, 0.1) is 5.82 Å². The van der Waals surface area contributed by atoms with Gasteiger partial charge in [-0.25, -0.2) is 17.7 Å². The Bertz CT molecular complexity index is 940. The Kier molecular flexibility index (Phi) is 5.03. The van der Waals surface area contributed by atoms with Gasteiger partial charge in [0.05, 0.1) is 12.1 Å². The Balaban J connectivity index is 1.96. The molecule has 2 amide bonds. The van der Waals surface area contributed by atoms with Crippen LogP contribution in [-0.4, -0.2) is 37.1 Å². The molecule has 0 radical (unpaired) electrons. The van der Waals surface area contributed by atoms with Crippen LogP contribution in [0.2, 0.25) is 0 Å². The molecule has 0 N–H and O–H groups in total. The van der Waals surface area contributed by atoms with Crippen molar-refractivity contribution in [2.45, 2.75) is 16.7 Å². The van der Waals surface area contributed by atoms with Crippen LogP contribution in [0.5, 0.6) is 0 Å². The summed E-state index contributed by atoms with van der Waals surface area (Å²) in [5, 5.41) is 1.62. The number of hydrogen-bond acceptors (Lipinski definition) is 5. The Morgan fingerprint density at radius 3 is 2.54 bits per heavy atom. The number of anilines is 1. The lowest BCUT2D eigenvalue weighted by Crippen LogP contribution is -2.45. The van der Waals surface area contributed by atoms with Gasteiger partial charge in [-0.15, -0.1) is 17.9 Å². The van der Waals surface area contributed by atoms with E-state index in [0.29, 0.717) is 0 Å². The van der Waals surface area contributed by atoms with Gasteiger partial charge in [-0.05, 0) is 35.7 Å². The topological polar surface area (TPSA) is 74.8 Å². The number of carbonyl (C=O) groups is 2. The van der Waals surface area contributed by atoms with E-state index in [-0.39, 0.29) is 22.9 Å². The SMILES string of the molecule is C=CCN(C1CC(=O)N(c2ccc(F)cc2)C1=O)S(=O)(=O)c1cccs1. The summed E-state index contributed by atoms with van der Waals surface area (Å²) < 4.78 is 39.9. The number of rotatable bonds is 6. The van der Waals surface area contributed by atoms with Gasteiger partial charge >= 0.3 is 0 Å². The lowest BCUT2D eigenvalue weighted by molar-refractivity contribution is -0.122. The van der Waals surface area contributed by atoms with Crippen LogP contribution in [0.15, 0.2) is 58.6 Å². The third kappa shape index (κ3) is 3.20. The summed E-state index contributed by atoms with van der Waals surface area (Å²) >= 11 is 1.03. The summed E-state index contributed by atoms with van der Waals surface area (Å²) in [6.45, 7) is 3.43. The van der Waals surface area contributed by atoms with Gasteiger partial charge < -0.3 is 0 Å². The molecular formula is C17H15FN2O4S2. The lowest BCUT2D eigenvalue weighted by Gasteiger charge is -2.25. The molecule has 0 saturated carbocycles. The van der Waals surface area contributed by atoms with Gasteiger partial charge in [0.15, 0.2) is 0 Å². The second kappa shape index (κ2) is 7.10. The summed E-state index contributed by atoms with van der Waals surface area (Å²) in [4.78, 5) is 26.1. The molecule has 1 saturated heterocycles. The van der Waals surface area contributed by atoms with Gasteiger partial charge in [0.2, 0.25) is 5.91 Å². The van der Waals surface area contributed by atoms with Gasteiger partial charge in [-0.2, -0.15) is 4.31 Å². The molecule has 2 aromatic rings. The quantitative estimate of drug-likeness (QED) is 0.557. The summed E-state index contributed by atoms with van der Waals surface area (Å²) in [7, 11) is -3.95. The van der Waals surface area contributed by atoms with E-state index >= 15 is 0 Å². The fraction of sp³-hybridized carbons (Fsp3) is 0.176. The first-order chi connectivity index (χ1) is 12.4. The van der Waals surface area contributed by atoms with E-state index in [9.17, 15) is 22.4 Å². The number of thiophene rings is 1. The molecule has 6 nitrogen and oxygen atoms in total. The van der Waals surface area contributed by atoms with Crippen molar-refractivity contribution in [2.24, 2.45) is 0 Å². The normalized spacial score (nSPS) is 17.9. The molecule has 1 fully saturated rings. The van der Waals surface area contributed by atoms with Gasteiger partial charge in [0.1, 0.15) is 16.1 Å². The Morgan fingerprint density at radius 1 is 1.27 bits per heavy atom. The summed E-state index contributed by atoms with van der Waals surface area (Å²) in [5.41, 5.74) is 0.205. The van der Waals surface area contributed by atoms with E-state index in [1.54, 1.807) is 11.4 Å². The standard InChI is InChI=1S/C17H15FN2O4S2/c1-2-9-19(26(23,24)16-4-3-10-25-16)14-11-15(21)20(17(14)22)13-7-5-12(18)6-8-13/h2-8,10,14H,1,9,11H2. The van der Waals surface area contributed by atoms with Crippen molar-refractivity contribution in [2.75, 3.05) is 11.4 Å². The molecule has 1 aliphatic heterocycles. The van der Waals surface area contributed by atoms with Crippen LogP contribution in [0.25, 0.3) is 0 Å². The third-order valence-corrected chi connectivity index (χ3v) is 7.17. The van der Waals surface area contributed by atoms with E-state index in [4.69, 9.17) is 0 Å². The van der Waals surface area contributed by atoms with Crippen molar-refractivity contribution < 1.29 is 22.4 Å². The monoisotopic (exact) mass is 394 g/mol. The van der Waals surface area contributed by atoms with E-state index in [1.807, 2.05) is 0 Å². The molecule has 0 spiro atoms. The number of halogens is 1. The van der Waals surface area contributed by atoms with Crippen molar-refractivity contribution in [3.63, 3.8) is 0 Å². The number of carbonyl (C=O) groups excluding carboxylic acids is 2. The number of imide groups is 1. The first kappa shape index (κ1) is 18.4. The molecule has 26 heavy (non-hydrogen) atoms. The number of sulfonamides is 1. The number of benzene rings is 1. The van der Waals surface area contributed by atoms with Crippen LogP contribution >= 0.6 is 11.3 Å². The van der Waals surface area contributed by atoms with E-state index in [0.717, 1.165) is 32.7 Å². The maximum Gasteiger partial charge on any atom is 0.253 e. The van der Waals surface area contributed by atoms with Crippen molar-refractivity contribution >= 4 is 38.9 Å². The van der Waals surface area contributed by atoms with Crippen molar-refractivity contribution in [3.05, 3.63) is 60.3 Å². The molecule has 0 aliphatic carbocycles. The van der Waals surface area contributed by atoms with Crippen LogP contribution in [-0.2, 0) is 19.6 Å². The fourth-order valence-corrected chi connectivity index (χ4v) is 5.42. The second-order valence-corrected chi connectivity index (χ2v) is 8.62. The predicted molar refractivity (Wildman–Crippen MR) is 95.7 cm³/mol.